The number of rotatable bonds is 6. The number of furan rings is 1. The van der Waals surface area contributed by atoms with Gasteiger partial charge in [-0.2, -0.15) is 0 Å². The summed E-state index contributed by atoms with van der Waals surface area (Å²) in [6.45, 7) is 8.84. The van der Waals surface area contributed by atoms with Crippen LogP contribution in [0.1, 0.15) is 49.6 Å². The molecule has 0 aliphatic carbocycles. The Kier molecular flexibility index (Phi) is 8.02. The van der Waals surface area contributed by atoms with Crippen molar-refractivity contribution in [3.63, 3.8) is 0 Å². The lowest BCUT2D eigenvalue weighted by atomic mass is 9.93. The van der Waals surface area contributed by atoms with Crippen LogP contribution < -0.4 is 25.1 Å². The van der Waals surface area contributed by atoms with Crippen LogP contribution in [0.25, 0.3) is 6.08 Å². The number of nitrogens with zero attached hydrogens (tertiary/aromatic N) is 3. The highest BCUT2D eigenvalue weighted by Gasteiger charge is 2.32. The summed E-state index contributed by atoms with van der Waals surface area (Å²) in [4.78, 5) is 35.2. The zero-order valence-corrected chi connectivity index (χ0v) is 26.0. The number of thiazole rings is 1. The van der Waals surface area contributed by atoms with E-state index in [1.807, 2.05) is 55.5 Å². The molecule has 10 heteroatoms. The average molecular weight is 648 g/mol. The van der Waals surface area contributed by atoms with Gasteiger partial charge in [-0.1, -0.05) is 67.6 Å². The Morgan fingerprint density at radius 2 is 1.83 bits per heavy atom. The fourth-order valence-corrected chi connectivity index (χ4v) is 6.85. The van der Waals surface area contributed by atoms with E-state index in [9.17, 15) is 9.59 Å². The molecule has 42 heavy (non-hydrogen) atoms. The summed E-state index contributed by atoms with van der Waals surface area (Å²) in [6, 6.07) is 18.7. The second kappa shape index (κ2) is 11.9. The van der Waals surface area contributed by atoms with Crippen molar-refractivity contribution >= 4 is 50.8 Å². The number of aromatic nitrogens is 1. The van der Waals surface area contributed by atoms with E-state index in [0.29, 0.717) is 51.2 Å². The molecule has 2 aromatic heterocycles. The lowest BCUT2D eigenvalue weighted by Gasteiger charge is -2.26. The molecule has 6 rings (SSSR count). The van der Waals surface area contributed by atoms with Gasteiger partial charge in [-0.05, 0) is 52.0 Å². The lowest BCUT2D eigenvalue weighted by molar-refractivity contribution is -0.113. The van der Waals surface area contributed by atoms with Crippen molar-refractivity contribution in [1.82, 2.24) is 4.57 Å². The molecular formula is C32H31BrN4O4S. The first kappa shape index (κ1) is 28.4. The van der Waals surface area contributed by atoms with Crippen LogP contribution in [0, 0.1) is 0 Å². The summed E-state index contributed by atoms with van der Waals surface area (Å²) in [6.07, 6.45) is 1.75. The number of benzene rings is 2. The minimum absolute atomic E-state index is 0.227. The molecule has 8 nitrogen and oxygen atoms in total. The standard InChI is InChI=1S/C32H31BrN4O4S/c1-19(2)21-9-11-22(12-10-21)28-27(29(38)35-23-7-5-4-6-8-23)20(3)34-32-37(28)30(39)26(42-32)18-24-17-25(33)31(41-24)36-13-15-40-16-14-36/h4-12,17-19,28H,13-16H2,1-3H3,(H,35,38)/b26-18-/t28-/m0/s1. The van der Waals surface area contributed by atoms with E-state index in [2.05, 4.69) is 52.1 Å². The quantitative estimate of drug-likeness (QED) is 0.312. The van der Waals surface area contributed by atoms with E-state index in [-0.39, 0.29) is 11.5 Å². The van der Waals surface area contributed by atoms with Crippen LogP contribution in [0.4, 0.5) is 11.6 Å². The van der Waals surface area contributed by atoms with Crippen molar-refractivity contribution in [3.8, 4) is 0 Å². The van der Waals surface area contributed by atoms with Crippen LogP contribution in [0.15, 0.2) is 90.6 Å². The molecule has 2 aliphatic heterocycles. The highest BCUT2D eigenvalue weighted by Crippen LogP contribution is 2.33. The molecule has 0 spiro atoms. The average Bonchev–Trinajstić information content (AvgIpc) is 3.51. The van der Waals surface area contributed by atoms with Crippen molar-refractivity contribution in [2.45, 2.75) is 32.7 Å². The van der Waals surface area contributed by atoms with Crippen LogP contribution in [-0.2, 0) is 9.53 Å². The molecular weight excluding hydrogens is 616 g/mol. The number of hydrogen-bond acceptors (Lipinski definition) is 7. The van der Waals surface area contributed by atoms with Gasteiger partial charge < -0.3 is 19.4 Å². The number of para-hydroxylation sites is 1. The van der Waals surface area contributed by atoms with Crippen molar-refractivity contribution in [1.29, 1.82) is 0 Å². The second-order valence-electron chi connectivity index (χ2n) is 10.6. The molecule has 0 saturated carbocycles. The number of carbonyl (C=O) groups is 1. The Hall–Kier alpha value is -3.73. The number of allylic oxidation sites excluding steroid dienone is 1. The van der Waals surface area contributed by atoms with Gasteiger partial charge in [0.25, 0.3) is 11.5 Å². The normalized spacial score (nSPS) is 17.4. The molecule has 1 fully saturated rings. The zero-order chi connectivity index (χ0) is 29.4. The Morgan fingerprint density at radius 3 is 2.52 bits per heavy atom. The van der Waals surface area contributed by atoms with Gasteiger partial charge in [0, 0.05) is 30.9 Å². The molecule has 2 aromatic carbocycles. The number of ether oxygens (including phenoxy) is 1. The van der Waals surface area contributed by atoms with Gasteiger partial charge in [-0.3, -0.25) is 14.2 Å². The second-order valence-corrected chi connectivity index (χ2v) is 12.5. The predicted octanol–water partition coefficient (Wildman–Crippen LogP) is 5.19. The summed E-state index contributed by atoms with van der Waals surface area (Å²) >= 11 is 4.90. The van der Waals surface area contributed by atoms with Crippen LogP contribution >= 0.6 is 27.3 Å². The summed E-state index contributed by atoms with van der Waals surface area (Å²) in [5, 5.41) is 3.00. The Balaban J connectivity index is 1.45. The van der Waals surface area contributed by atoms with E-state index < -0.39 is 6.04 Å². The molecule has 4 heterocycles. The number of anilines is 2. The van der Waals surface area contributed by atoms with Crippen LogP contribution in [0.3, 0.4) is 0 Å². The van der Waals surface area contributed by atoms with Crippen LogP contribution in [0.5, 0.6) is 0 Å². The van der Waals surface area contributed by atoms with E-state index in [4.69, 9.17) is 14.1 Å². The summed E-state index contributed by atoms with van der Waals surface area (Å²) in [7, 11) is 0. The highest BCUT2D eigenvalue weighted by molar-refractivity contribution is 9.10. The first-order valence-electron chi connectivity index (χ1n) is 13.9. The molecule has 0 unspecified atom stereocenters. The first-order chi connectivity index (χ1) is 20.3. The smallest absolute Gasteiger partial charge is 0.271 e. The molecule has 1 N–H and O–H groups in total. The van der Waals surface area contributed by atoms with Crippen molar-refractivity contribution in [3.05, 3.63) is 113 Å². The number of fused-ring (bicyclic) bond motifs is 1. The number of hydrogen-bond donors (Lipinski definition) is 1. The first-order valence-corrected chi connectivity index (χ1v) is 15.5. The van der Waals surface area contributed by atoms with Gasteiger partial charge in [-0.15, -0.1) is 0 Å². The SMILES string of the molecule is CC1=C(C(=O)Nc2ccccc2)[C@H](c2ccc(C(C)C)cc2)n2c(s/c(=C\c3cc(Br)c(N4CCOCC4)o3)c2=O)=N1. The highest BCUT2D eigenvalue weighted by atomic mass is 79.9. The Labute approximate surface area is 255 Å². The Bertz CT molecular complexity index is 1830. The predicted molar refractivity (Wildman–Crippen MR) is 169 cm³/mol. The number of nitrogens with one attached hydrogen (secondary N) is 1. The van der Waals surface area contributed by atoms with Crippen molar-refractivity contribution in [2.75, 3.05) is 36.5 Å². The maximum absolute atomic E-state index is 14.1. The molecule has 0 radical (unpaired) electrons. The zero-order valence-electron chi connectivity index (χ0n) is 23.6. The van der Waals surface area contributed by atoms with Crippen LogP contribution in [-0.4, -0.2) is 36.8 Å². The maximum Gasteiger partial charge on any atom is 0.271 e. The third-order valence-corrected chi connectivity index (χ3v) is 9.03. The molecule has 216 valence electrons. The molecule has 1 saturated heterocycles. The van der Waals surface area contributed by atoms with Gasteiger partial charge in [0.1, 0.15) is 5.76 Å². The lowest BCUT2D eigenvalue weighted by Crippen LogP contribution is -2.40. The molecule has 1 amide bonds. The molecule has 4 aromatic rings. The molecule has 2 aliphatic rings. The number of morpholine rings is 1. The van der Waals surface area contributed by atoms with Crippen LogP contribution in [0.2, 0.25) is 0 Å². The molecule has 1 atom stereocenters. The topological polar surface area (TPSA) is 89.1 Å². The van der Waals surface area contributed by atoms with E-state index in [0.717, 1.165) is 29.0 Å². The monoisotopic (exact) mass is 646 g/mol. The number of amides is 1. The third-order valence-electron chi connectivity index (χ3n) is 7.48. The van der Waals surface area contributed by atoms with Gasteiger partial charge >= 0.3 is 0 Å². The minimum atomic E-state index is -0.638. The molecule has 0 bridgehead atoms. The summed E-state index contributed by atoms with van der Waals surface area (Å²) in [5.41, 5.74) is 3.48. The van der Waals surface area contributed by atoms with Crippen molar-refractivity contribution in [2.24, 2.45) is 4.99 Å². The fourth-order valence-electron chi connectivity index (χ4n) is 5.27. The third kappa shape index (κ3) is 5.54. The van der Waals surface area contributed by atoms with Gasteiger partial charge in [0.05, 0.1) is 39.5 Å². The van der Waals surface area contributed by atoms with E-state index in [1.54, 1.807) is 10.6 Å². The number of carbonyl (C=O) groups excluding carboxylic acids is 1. The maximum atomic E-state index is 14.1. The van der Waals surface area contributed by atoms with E-state index >= 15 is 0 Å². The Morgan fingerprint density at radius 1 is 1.12 bits per heavy atom. The largest absolute Gasteiger partial charge is 0.440 e. The van der Waals surface area contributed by atoms with E-state index in [1.165, 1.54) is 16.9 Å². The summed E-state index contributed by atoms with van der Waals surface area (Å²) in [5.74, 6) is 1.34. The minimum Gasteiger partial charge on any atom is -0.440 e. The summed E-state index contributed by atoms with van der Waals surface area (Å²) < 4.78 is 14.6. The van der Waals surface area contributed by atoms with Gasteiger partial charge in [-0.25, -0.2) is 4.99 Å². The fraction of sp³-hybridized carbons (Fsp3) is 0.281. The van der Waals surface area contributed by atoms with Gasteiger partial charge in [0.15, 0.2) is 4.80 Å². The number of halogens is 1. The van der Waals surface area contributed by atoms with Gasteiger partial charge in [0.2, 0.25) is 5.88 Å². The van der Waals surface area contributed by atoms with Crippen molar-refractivity contribution < 1.29 is 13.9 Å².